The summed E-state index contributed by atoms with van der Waals surface area (Å²) in [5.74, 6) is 0.414. The van der Waals surface area contributed by atoms with Gasteiger partial charge in [-0.25, -0.2) is 4.79 Å². The molecule has 0 N–H and O–H groups in total. The maximum absolute atomic E-state index is 12.4. The van der Waals surface area contributed by atoms with E-state index in [0.717, 1.165) is 19.6 Å². The Balaban J connectivity index is 1.23. The number of nitrogens with zero attached hydrogens (tertiary/aromatic N) is 2. The second-order valence-electron chi connectivity index (χ2n) is 7.08. The van der Waals surface area contributed by atoms with Crippen LogP contribution >= 0.6 is 0 Å². The summed E-state index contributed by atoms with van der Waals surface area (Å²) in [6.45, 7) is 4.42. The molecule has 29 heavy (non-hydrogen) atoms. The summed E-state index contributed by atoms with van der Waals surface area (Å²) in [6, 6.07) is 15.2. The molecular formula is C22H24N2O5. The van der Waals surface area contributed by atoms with Crippen LogP contribution in [0.4, 0.5) is 0 Å². The van der Waals surface area contributed by atoms with Gasteiger partial charge in [-0.1, -0.05) is 30.3 Å². The quantitative estimate of drug-likeness (QED) is 0.720. The van der Waals surface area contributed by atoms with Gasteiger partial charge in [0.25, 0.3) is 5.91 Å². The first-order valence-electron chi connectivity index (χ1n) is 9.80. The van der Waals surface area contributed by atoms with Gasteiger partial charge in [-0.15, -0.1) is 0 Å². The SMILES string of the molecule is O=C(OCC(=O)N1CCN(Cc2ccccc2)CC1)c1ccc2c(c1)OCCO2. The molecule has 7 heteroatoms. The smallest absolute Gasteiger partial charge is 0.338 e. The van der Waals surface area contributed by atoms with Crippen molar-refractivity contribution in [2.24, 2.45) is 0 Å². The third-order valence-corrected chi connectivity index (χ3v) is 5.08. The molecule has 0 atom stereocenters. The van der Waals surface area contributed by atoms with E-state index in [1.165, 1.54) is 5.56 Å². The topological polar surface area (TPSA) is 68.3 Å². The first kappa shape index (κ1) is 19.3. The minimum Gasteiger partial charge on any atom is -0.486 e. The van der Waals surface area contributed by atoms with Crippen LogP contribution in [0.15, 0.2) is 48.5 Å². The van der Waals surface area contributed by atoms with Crippen molar-refractivity contribution in [1.82, 2.24) is 9.80 Å². The van der Waals surface area contributed by atoms with Crippen LogP contribution in [0, 0.1) is 0 Å². The van der Waals surface area contributed by atoms with Gasteiger partial charge in [0.1, 0.15) is 13.2 Å². The molecule has 1 amide bonds. The number of rotatable bonds is 5. The molecule has 0 aliphatic carbocycles. The van der Waals surface area contributed by atoms with Gasteiger partial charge in [0, 0.05) is 32.7 Å². The average Bonchev–Trinajstić information content (AvgIpc) is 2.78. The number of carbonyl (C=O) groups is 2. The van der Waals surface area contributed by atoms with Gasteiger partial charge in [-0.05, 0) is 23.8 Å². The van der Waals surface area contributed by atoms with E-state index in [0.29, 0.717) is 43.4 Å². The highest BCUT2D eigenvalue weighted by molar-refractivity contribution is 5.92. The van der Waals surface area contributed by atoms with Crippen molar-refractivity contribution in [3.63, 3.8) is 0 Å². The summed E-state index contributed by atoms with van der Waals surface area (Å²) >= 11 is 0. The van der Waals surface area contributed by atoms with Gasteiger partial charge in [0.05, 0.1) is 5.56 Å². The van der Waals surface area contributed by atoms with Crippen molar-refractivity contribution >= 4 is 11.9 Å². The van der Waals surface area contributed by atoms with Crippen LogP contribution in [0.2, 0.25) is 0 Å². The van der Waals surface area contributed by atoms with Crippen molar-refractivity contribution in [2.45, 2.75) is 6.54 Å². The van der Waals surface area contributed by atoms with Crippen LogP contribution in [-0.4, -0.2) is 67.7 Å². The Labute approximate surface area is 169 Å². The average molecular weight is 396 g/mol. The summed E-state index contributed by atoms with van der Waals surface area (Å²) in [5, 5.41) is 0. The Morgan fingerprint density at radius 3 is 2.38 bits per heavy atom. The molecule has 0 bridgehead atoms. The zero-order valence-electron chi connectivity index (χ0n) is 16.2. The molecule has 0 unspecified atom stereocenters. The summed E-state index contributed by atoms with van der Waals surface area (Å²) in [5.41, 5.74) is 1.61. The van der Waals surface area contributed by atoms with Crippen molar-refractivity contribution in [3.8, 4) is 11.5 Å². The molecule has 2 heterocycles. The van der Waals surface area contributed by atoms with Crippen molar-refractivity contribution in [2.75, 3.05) is 46.0 Å². The lowest BCUT2D eigenvalue weighted by Crippen LogP contribution is -2.49. The number of hydrogen-bond acceptors (Lipinski definition) is 6. The van der Waals surface area contributed by atoms with Crippen LogP contribution in [0.25, 0.3) is 0 Å². The molecule has 2 aromatic rings. The van der Waals surface area contributed by atoms with Crippen LogP contribution < -0.4 is 9.47 Å². The van der Waals surface area contributed by atoms with Gasteiger partial charge in [-0.2, -0.15) is 0 Å². The lowest BCUT2D eigenvalue weighted by molar-refractivity contribution is -0.136. The monoisotopic (exact) mass is 396 g/mol. The van der Waals surface area contributed by atoms with E-state index < -0.39 is 5.97 Å². The summed E-state index contributed by atoms with van der Waals surface area (Å²) < 4.78 is 16.1. The van der Waals surface area contributed by atoms with Crippen molar-refractivity contribution < 1.29 is 23.8 Å². The number of fused-ring (bicyclic) bond motifs is 1. The highest BCUT2D eigenvalue weighted by atomic mass is 16.6. The number of carbonyl (C=O) groups excluding carboxylic acids is 2. The highest BCUT2D eigenvalue weighted by Crippen LogP contribution is 2.30. The first-order chi connectivity index (χ1) is 14.2. The molecule has 0 radical (unpaired) electrons. The van der Waals surface area contributed by atoms with Gasteiger partial charge < -0.3 is 19.1 Å². The molecule has 1 saturated heterocycles. The van der Waals surface area contributed by atoms with E-state index >= 15 is 0 Å². The van der Waals surface area contributed by atoms with E-state index in [-0.39, 0.29) is 12.5 Å². The normalized spacial score (nSPS) is 16.3. The Hall–Kier alpha value is -3.06. The maximum atomic E-state index is 12.4. The molecule has 1 fully saturated rings. The van der Waals surface area contributed by atoms with E-state index in [2.05, 4.69) is 17.0 Å². The zero-order chi connectivity index (χ0) is 20.1. The summed E-state index contributed by atoms with van der Waals surface area (Å²) in [6.07, 6.45) is 0. The highest BCUT2D eigenvalue weighted by Gasteiger charge is 2.23. The molecular weight excluding hydrogens is 372 g/mol. The standard InChI is InChI=1S/C22H24N2O5/c25-21(24-10-8-23(9-11-24)15-17-4-2-1-3-5-17)16-29-22(26)18-6-7-19-20(14-18)28-13-12-27-19/h1-7,14H,8-13,15-16H2. The molecule has 0 spiro atoms. The number of ether oxygens (including phenoxy) is 3. The van der Waals surface area contributed by atoms with Crippen LogP contribution in [0.3, 0.4) is 0 Å². The Morgan fingerprint density at radius 1 is 0.897 bits per heavy atom. The predicted octanol–water partition coefficient (Wildman–Crippen LogP) is 1.96. The van der Waals surface area contributed by atoms with Crippen molar-refractivity contribution in [1.29, 1.82) is 0 Å². The summed E-state index contributed by atoms with van der Waals surface area (Å²) in [4.78, 5) is 28.8. The van der Waals surface area contributed by atoms with Crippen LogP contribution in [-0.2, 0) is 16.1 Å². The fourth-order valence-electron chi connectivity index (χ4n) is 3.47. The zero-order valence-corrected chi connectivity index (χ0v) is 16.2. The number of amides is 1. The molecule has 0 aromatic heterocycles. The second-order valence-corrected chi connectivity index (χ2v) is 7.08. The number of benzene rings is 2. The number of hydrogen-bond donors (Lipinski definition) is 0. The lowest BCUT2D eigenvalue weighted by atomic mass is 10.2. The van der Waals surface area contributed by atoms with E-state index in [1.54, 1.807) is 23.1 Å². The number of piperazine rings is 1. The van der Waals surface area contributed by atoms with Gasteiger partial charge in [0.2, 0.25) is 0 Å². The van der Waals surface area contributed by atoms with E-state index in [4.69, 9.17) is 14.2 Å². The maximum Gasteiger partial charge on any atom is 0.338 e. The van der Waals surface area contributed by atoms with Gasteiger partial charge in [-0.3, -0.25) is 9.69 Å². The molecule has 2 aromatic carbocycles. The molecule has 0 saturated carbocycles. The third kappa shape index (κ3) is 4.86. The lowest BCUT2D eigenvalue weighted by Gasteiger charge is -2.34. The molecule has 2 aliphatic heterocycles. The summed E-state index contributed by atoms with van der Waals surface area (Å²) in [7, 11) is 0. The molecule has 7 nitrogen and oxygen atoms in total. The second kappa shape index (κ2) is 8.96. The van der Waals surface area contributed by atoms with E-state index in [1.807, 2.05) is 18.2 Å². The molecule has 152 valence electrons. The fraction of sp³-hybridized carbons (Fsp3) is 0.364. The number of esters is 1. The Bertz CT molecular complexity index is 863. The van der Waals surface area contributed by atoms with E-state index in [9.17, 15) is 9.59 Å². The largest absolute Gasteiger partial charge is 0.486 e. The Kier molecular flexibility index (Phi) is 5.95. The minimum absolute atomic E-state index is 0.171. The molecule has 4 rings (SSSR count). The predicted molar refractivity (Wildman–Crippen MR) is 106 cm³/mol. The van der Waals surface area contributed by atoms with Gasteiger partial charge >= 0.3 is 5.97 Å². The van der Waals surface area contributed by atoms with Crippen LogP contribution in [0.5, 0.6) is 11.5 Å². The minimum atomic E-state index is -0.543. The fourth-order valence-corrected chi connectivity index (χ4v) is 3.47. The molecule has 2 aliphatic rings. The van der Waals surface area contributed by atoms with Crippen LogP contribution in [0.1, 0.15) is 15.9 Å². The third-order valence-electron chi connectivity index (χ3n) is 5.08. The Morgan fingerprint density at radius 2 is 1.62 bits per heavy atom. The first-order valence-corrected chi connectivity index (χ1v) is 9.80. The van der Waals surface area contributed by atoms with Crippen molar-refractivity contribution in [3.05, 3.63) is 59.7 Å². The van der Waals surface area contributed by atoms with Gasteiger partial charge in [0.15, 0.2) is 18.1 Å².